The molecule has 6 heteroatoms. The molecule has 0 aromatic rings. The van der Waals surface area contributed by atoms with Crippen LogP contribution in [0.1, 0.15) is 32.6 Å². The highest BCUT2D eigenvalue weighted by atomic mass is 16.5. The van der Waals surface area contributed by atoms with E-state index in [4.69, 9.17) is 14.6 Å². The lowest BCUT2D eigenvalue weighted by Crippen LogP contribution is -2.31. The first-order valence-electron chi connectivity index (χ1n) is 6.75. The number of nitrogens with one attached hydrogen (secondary N) is 1. The number of hydrogen-bond acceptors (Lipinski definition) is 4. The van der Waals surface area contributed by atoms with Gasteiger partial charge in [0.05, 0.1) is 12.7 Å². The van der Waals surface area contributed by atoms with Crippen molar-refractivity contribution in [2.45, 2.75) is 38.7 Å². The van der Waals surface area contributed by atoms with Crippen LogP contribution >= 0.6 is 0 Å². The molecule has 0 radical (unpaired) electrons. The van der Waals surface area contributed by atoms with Crippen molar-refractivity contribution >= 4 is 11.9 Å². The van der Waals surface area contributed by atoms with Crippen LogP contribution in [0.15, 0.2) is 0 Å². The summed E-state index contributed by atoms with van der Waals surface area (Å²) in [4.78, 5) is 22.0. The quantitative estimate of drug-likeness (QED) is 0.683. The molecule has 0 aromatic carbocycles. The van der Waals surface area contributed by atoms with Crippen molar-refractivity contribution in [3.05, 3.63) is 0 Å². The maximum atomic E-state index is 11.5. The second kappa shape index (κ2) is 8.87. The zero-order valence-electron chi connectivity index (χ0n) is 11.4. The molecule has 1 unspecified atom stereocenters. The number of amides is 1. The van der Waals surface area contributed by atoms with E-state index in [1.54, 1.807) is 6.92 Å². The number of carboxylic acids is 1. The lowest BCUT2D eigenvalue weighted by Gasteiger charge is -2.22. The van der Waals surface area contributed by atoms with Gasteiger partial charge < -0.3 is 19.9 Å². The van der Waals surface area contributed by atoms with Crippen molar-refractivity contribution in [1.82, 2.24) is 5.32 Å². The molecular formula is C13H23NO5. The highest BCUT2D eigenvalue weighted by Gasteiger charge is 2.14. The van der Waals surface area contributed by atoms with Gasteiger partial charge in [-0.15, -0.1) is 0 Å². The first-order chi connectivity index (χ1) is 9.08. The number of carbonyl (C=O) groups excluding carboxylic acids is 1. The molecule has 110 valence electrons. The van der Waals surface area contributed by atoms with Crippen LogP contribution < -0.4 is 5.32 Å². The Morgan fingerprint density at radius 1 is 1.42 bits per heavy atom. The Labute approximate surface area is 113 Å². The van der Waals surface area contributed by atoms with E-state index in [2.05, 4.69) is 5.32 Å². The zero-order chi connectivity index (χ0) is 14.1. The van der Waals surface area contributed by atoms with Crippen LogP contribution in [0.25, 0.3) is 0 Å². The minimum atomic E-state index is -0.843. The Kier molecular flexibility index (Phi) is 7.43. The SMILES string of the molecule is CC(CNC(=O)CCOC1CCOCC1)CC(=O)O. The summed E-state index contributed by atoms with van der Waals surface area (Å²) in [6.07, 6.45) is 2.36. The third kappa shape index (κ3) is 7.79. The van der Waals surface area contributed by atoms with Gasteiger partial charge in [-0.1, -0.05) is 6.92 Å². The lowest BCUT2D eigenvalue weighted by molar-refractivity contribution is -0.138. The van der Waals surface area contributed by atoms with Gasteiger partial charge in [-0.05, 0) is 18.8 Å². The van der Waals surface area contributed by atoms with Crippen molar-refractivity contribution in [1.29, 1.82) is 0 Å². The molecule has 1 atom stereocenters. The van der Waals surface area contributed by atoms with Gasteiger partial charge in [-0.2, -0.15) is 0 Å². The first-order valence-corrected chi connectivity index (χ1v) is 6.75. The maximum absolute atomic E-state index is 11.5. The molecule has 0 saturated carbocycles. The molecule has 1 saturated heterocycles. The molecule has 0 spiro atoms. The number of rotatable bonds is 8. The molecule has 1 fully saturated rings. The van der Waals surface area contributed by atoms with Crippen LogP contribution in [-0.2, 0) is 19.1 Å². The molecule has 1 rings (SSSR count). The maximum Gasteiger partial charge on any atom is 0.303 e. The summed E-state index contributed by atoms with van der Waals surface area (Å²) in [5.41, 5.74) is 0. The minimum Gasteiger partial charge on any atom is -0.481 e. The first kappa shape index (κ1) is 15.9. The van der Waals surface area contributed by atoms with Crippen molar-refractivity contribution in [3.8, 4) is 0 Å². The summed E-state index contributed by atoms with van der Waals surface area (Å²) in [6.45, 7) is 4.05. The largest absolute Gasteiger partial charge is 0.481 e. The summed E-state index contributed by atoms with van der Waals surface area (Å²) < 4.78 is 10.8. The van der Waals surface area contributed by atoms with E-state index in [0.29, 0.717) is 19.6 Å². The summed E-state index contributed by atoms with van der Waals surface area (Å²) in [6, 6.07) is 0. The number of hydrogen-bond donors (Lipinski definition) is 2. The zero-order valence-corrected chi connectivity index (χ0v) is 11.4. The fourth-order valence-electron chi connectivity index (χ4n) is 1.91. The topological polar surface area (TPSA) is 84.9 Å². The van der Waals surface area contributed by atoms with Crippen molar-refractivity contribution in [3.63, 3.8) is 0 Å². The number of carboxylic acid groups (broad SMARTS) is 1. The average Bonchev–Trinajstić information content (AvgIpc) is 2.37. The smallest absolute Gasteiger partial charge is 0.303 e. The number of aliphatic carboxylic acids is 1. The fraction of sp³-hybridized carbons (Fsp3) is 0.846. The normalized spacial score (nSPS) is 17.9. The Morgan fingerprint density at radius 2 is 2.11 bits per heavy atom. The minimum absolute atomic E-state index is 0.0575. The van der Waals surface area contributed by atoms with Gasteiger partial charge in [0.1, 0.15) is 0 Å². The molecule has 6 nitrogen and oxygen atoms in total. The van der Waals surface area contributed by atoms with Gasteiger partial charge in [0, 0.05) is 32.6 Å². The summed E-state index contributed by atoms with van der Waals surface area (Å²) in [5.74, 6) is -0.994. The van der Waals surface area contributed by atoms with Crippen LogP contribution in [0, 0.1) is 5.92 Å². The van der Waals surface area contributed by atoms with Crippen LogP contribution in [0.4, 0.5) is 0 Å². The Balaban J connectivity index is 2.02. The standard InChI is InChI=1S/C13H23NO5/c1-10(8-13(16)17)9-14-12(15)4-7-19-11-2-5-18-6-3-11/h10-11H,2-9H2,1H3,(H,14,15)(H,16,17). The van der Waals surface area contributed by atoms with E-state index < -0.39 is 5.97 Å². The molecular weight excluding hydrogens is 250 g/mol. The third-order valence-electron chi connectivity index (χ3n) is 3.02. The third-order valence-corrected chi connectivity index (χ3v) is 3.02. The predicted octanol–water partition coefficient (Wildman–Crippen LogP) is 0.799. The highest BCUT2D eigenvalue weighted by Crippen LogP contribution is 2.10. The Bertz CT molecular complexity index is 289. The van der Waals surface area contributed by atoms with Crippen LogP contribution in [0.2, 0.25) is 0 Å². The molecule has 2 N–H and O–H groups in total. The molecule has 1 amide bonds. The average molecular weight is 273 g/mol. The van der Waals surface area contributed by atoms with Crippen LogP contribution in [-0.4, -0.2) is 49.5 Å². The molecule has 0 aromatic heterocycles. The van der Waals surface area contributed by atoms with Gasteiger partial charge in [0.15, 0.2) is 0 Å². The Morgan fingerprint density at radius 3 is 2.74 bits per heavy atom. The van der Waals surface area contributed by atoms with E-state index in [1.807, 2.05) is 0 Å². The Hall–Kier alpha value is -1.14. The highest BCUT2D eigenvalue weighted by molar-refractivity contribution is 5.76. The van der Waals surface area contributed by atoms with Gasteiger partial charge >= 0.3 is 5.97 Å². The van der Waals surface area contributed by atoms with Gasteiger partial charge in [0.2, 0.25) is 5.91 Å². The summed E-state index contributed by atoms with van der Waals surface area (Å²) in [7, 11) is 0. The number of carbonyl (C=O) groups is 2. The van der Waals surface area contributed by atoms with E-state index in [-0.39, 0.29) is 24.3 Å². The molecule has 19 heavy (non-hydrogen) atoms. The van der Waals surface area contributed by atoms with Crippen LogP contribution in [0.3, 0.4) is 0 Å². The van der Waals surface area contributed by atoms with Crippen molar-refractivity contribution in [2.24, 2.45) is 5.92 Å². The van der Waals surface area contributed by atoms with Gasteiger partial charge in [0.25, 0.3) is 0 Å². The second-order valence-electron chi connectivity index (χ2n) is 4.94. The monoisotopic (exact) mass is 273 g/mol. The van der Waals surface area contributed by atoms with Crippen molar-refractivity contribution in [2.75, 3.05) is 26.4 Å². The van der Waals surface area contributed by atoms with Gasteiger partial charge in [-0.25, -0.2) is 0 Å². The van der Waals surface area contributed by atoms with E-state index in [1.165, 1.54) is 0 Å². The lowest BCUT2D eigenvalue weighted by atomic mass is 10.1. The summed E-state index contributed by atoms with van der Waals surface area (Å²) in [5, 5.41) is 11.3. The fourth-order valence-corrected chi connectivity index (χ4v) is 1.91. The van der Waals surface area contributed by atoms with Gasteiger partial charge in [-0.3, -0.25) is 9.59 Å². The predicted molar refractivity (Wildman–Crippen MR) is 68.8 cm³/mol. The second-order valence-corrected chi connectivity index (χ2v) is 4.94. The molecule has 0 aliphatic carbocycles. The summed E-state index contributed by atoms with van der Waals surface area (Å²) >= 11 is 0. The van der Waals surface area contributed by atoms with Crippen LogP contribution in [0.5, 0.6) is 0 Å². The van der Waals surface area contributed by atoms with E-state index >= 15 is 0 Å². The van der Waals surface area contributed by atoms with E-state index in [9.17, 15) is 9.59 Å². The molecule has 1 heterocycles. The molecule has 1 aliphatic heterocycles. The van der Waals surface area contributed by atoms with Crippen molar-refractivity contribution < 1.29 is 24.2 Å². The molecule has 0 bridgehead atoms. The van der Waals surface area contributed by atoms with E-state index in [0.717, 1.165) is 26.1 Å². The molecule has 1 aliphatic rings. The number of ether oxygens (including phenoxy) is 2.